The van der Waals surface area contributed by atoms with Gasteiger partial charge >= 0.3 is 0 Å². The minimum Gasteiger partial charge on any atom is -0.378 e. The molecular formula is C16H16ClN5O5S. The Labute approximate surface area is 168 Å². The molecule has 148 valence electrons. The molecule has 0 aliphatic carbocycles. The van der Waals surface area contributed by atoms with Gasteiger partial charge in [-0.1, -0.05) is 22.9 Å². The van der Waals surface area contributed by atoms with E-state index in [9.17, 15) is 19.7 Å². The molecule has 0 unspecified atom stereocenters. The Morgan fingerprint density at radius 2 is 1.96 bits per heavy atom. The number of nitro groups is 1. The van der Waals surface area contributed by atoms with Crippen molar-refractivity contribution in [3.63, 3.8) is 0 Å². The van der Waals surface area contributed by atoms with Crippen molar-refractivity contribution in [3.05, 3.63) is 49.5 Å². The van der Waals surface area contributed by atoms with Crippen LogP contribution in [0, 0.1) is 17.0 Å². The highest BCUT2D eigenvalue weighted by Gasteiger charge is 2.23. The molecule has 0 saturated carbocycles. The number of ether oxygens (including phenoxy) is 1. The number of aromatic nitrogens is 1. The number of benzene rings is 1. The maximum absolute atomic E-state index is 12.4. The number of aryl methyl sites for hydroxylation is 1. The van der Waals surface area contributed by atoms with E-state index >= 15 is 0 Å². The number of morpholine rings is 1. The average Bonchev–Trinajstić information content (AvgIpc) is 3.08. The molecule has 10 nitrogen and oxygen atoms in total. The Morgan fingerprint density at radius 3 is 2.64 bits per heavy atom. The summed E-state index contributed by atoms with van der Waals surface area (Å²) in [5.74, 6) is -1.38. The Morgan fingerprint density at radius 1 is 1.29 bits per heavy atom. The second-order valence-electron chi connectivity index (χ2n) is 5.84. The van der Waals surface area contributed by atoms with E-state index in [1.54, 1.807) is 6.92 Å². The first-order chi connectivity index (χ1) is 13.4. The van der Waals surface area contributed by atoms with Crippen LogP contribution in [0.2, 0.25) is 5.02 Å². The number of amides is 2. The van der Waals surface area contributed by atoms with Gasteiger partial charge in [0.15, 0.2) is 5.13 Å². The molecule has 28 heavy (non-hydrogen) atoms. The van der Waals surface area contributed by atoms with Crippen molar-refractivity contribution in [2.75, 3.05) is 31.2 Å². The number of nitro benzene ring substituents is 1. The number of halogens is 1. The quantitative estimate of drug-likeness (QED) is 0.565. The van der Waals surface area contributed by atoms with Crippen LogP contribution in [0.3, 0.4) is 0 Å². The number of hydrogen-bond acceptors (Lipinski definition) is 8. The summed E-state index contributed by atoms with van der Waals surface area (Å²) in [5.41, 5.74) is 4.31. The van der Waals surface area contributed by atoms with Crippen molar-refractivity contribution in [2.45, 2.75) is 6.92 Å². The fourth-order valence-electron chi connectivity index (χ4n) is 2.57. The Bertz CT molecular complexity index is 928. The Hall–Kier alpha value is -2.76. The second kappa shape index (κ2) is 8.50. The van der Waals surface area contributed by atoms with E-state index in [2.05, 4.69) is 15.8 Å². The molecule has 0 atom stereocenters. The first-order valence-corrected chi connectivity index (χ1v) is 9.41. The predicted octanol–water partition coefficient (Wildman–Crippen LogP) is 1.92. The van der Waals surface area contributed by atoms with Crippen molar-refractivity contribution in [2.24, 2.45) is 0 Å². The summed E-state index contributed by atoms with van der Waals surface area (Å²) in [7, 11) is 0. The minimum absolute atomic E-state index is 0.128. The van der Waals surface area contributed by atoms with Gasteiger partial charge in [0.2, 0.25) is 0 Å². The molecule has 1 aliphatic heterocycles. The number of carbonyl (C=O) groups excluding carboxylic acids is 2. The van der Waals surface area contributed by atoms with E-state index in [1.165, 1.54) is 23.5 Å². The summed E-state index contributed by atoms with van der Waals surface area (Å²) in [6.45, 7) is 4.25. The van der Waals surface area contributed by atoms with E-state index in [-0.39, 0.29) is 10.6 Å². The standard InChI is InChI=1S/C16H16ClN5O5S/c1-9-13(28-16(18-9)21-4-6-27-7-5-21)15(24)20-19-14(23)11-3-2-10(17)8-12(11)22(25)26/h2-3,8H,4-7H2,1H3,(H,19,23)(H,20,24). The molecule has 12 heteroatoms. The van der Waals surface area contributed by atoms with Crippen LogP contribution in [0.15, 0.2) is 18.2 Å². The highest BCUT2D eigenvalue weighted by Crippen LogP contribution is 2.27. The third kappa shape index (κ3) is 4.38. The van der Waals surface area contributed by atoms with Gasteiger partial charge in [-0.25, -0.2) is 4.98 Å². The van der Waals surface area contributed by atoms with Gasteiger partial charge in [0.1, 0.15) is 10.4 Å². The Kier molecular flexibility index (Phi) is 6.07. The van der Waals surface area contributed by atoms with Crippen molar-refractivity contribution in [1.82, 2.24) is 15.8 Å². The second-order valence-corrected chi connectivity index (χ2v) is 7.25. The zero-order valence-electron chi connectivity index (χ0n) is 14.7. The zero-order valence-corrected chi connectivity index (χ0v) is 16.3. The highest BCUT2D eigenvalue weighted by atomic mass is 35.5. The molecule has 2 aromatic rings. The molecule has 1 aromatic carbocycles. The molecule has 0 bridgehead atoms. The van der Waals surface area contributed by atoms with Crippen LogP contribution in [-0.2, 0) is 4.74 Å². The van der Waals surface area contributed by atoms with Crippen molar-refractivity contribution >= 4 is 45.6 Å². The van der Waals surface area contributed by atoms with Crippen LogP contribution in [0.25, 0.3) is 0 Å². The smallest absolute Gasteiger partial charge is 0.283 e. The lowest BCUT2D eigenvalue weighted by atomic mass is 10.2. The van der Waals surface area contributed by atoms with Gasteiger partial charge in [0.05, 0.1) is 23.8 Å². The fourth-order valence-corrected chi connectivity index (χ4v) is 3.75. The number of hydrazine groups is 1. The van der Waals surface area contributed by atoms with E-state index in [4.69, 9.17) is 16.3 Å². The normalized spacial score (nSPS) is 13.9. The summed E-state index contributed by atoms with van der Waals surface area (Å²) in [6, 6.07) is 3.64. The van der Waals surface area contributed by atoms with Crippen LogP contribution in [0.5, 0.6) is 0 Å². The summed E-state index contributed by atoms with van der Waals surface area (Å²) in [5, 5.41) is 11.9. The van der Waals surface area contributed by atoms with Gasteiger partial charge < -0.3 is 9.64 Å². The molecule has 1 saturated heterocycles. The molecular weight excluding hydrogens is 410 g/mol. The average molecular weight is 426 g/mol. The molecule has 3 rings (SSSR count). The van der Waals surface area contributed by atoms with Crippen LogP contribution < -0.4 is 15.8 Å². The maximum atomic E-state index is 12.4. The zero-order chi connectivity index (χ0) is 20.3. The molecule has 1 aliphatic rings. The first-order valence-electron chi connectivity index (χ1n) is 8.21. The monoisotopic (exact) mass is 425 g/mol. The lowest BCUT2D eigenvalue weighted by Gasteiger charge is -2.25. The summed E-state index contributed by atoms with van der Waals surface area (Å²) >= 11 is 6.94. The van der Waals surface area contributed by atoms with Gasteiger partial charge in [-0.05, 0) is 19.1 Å². The minimum atomic E-state index is -0.827. The van der Waals surface area contributed by atoms with Gasteiger partial charge in [-0.2, -0.15) is 0 Å². The van der Waals surface area contributed by atoms with Crippen LogP contribution in [0.1, 0.15) is 25.7 Å². The van der Waals surface area contributed by atoms with Gasteiger partial charge in [0.25, 0.3) is 17.5 Å². The number of nitrogens with zero attached hydrogens (tertiary/aromatic N) is 3. The van der Waals surface area contributed by atoms with Crippen LogP contribution in [0.4, 0.5) is 10.8 Å². The predicted molar refractivity (Wildman–Crippen MR) is 103 cm³/mol. The van der Waals surface area contributed by atoms with Gasteiger partial charge in [-0.15, -0.1) is 0 Å². The van der Waals surface area contributed by atoms with E-state index in [1.807, 2.05) is 4.90 Å². The molecule has 1 aromatic heterocycles. The Balaban J connectivity index is 1.68. The molecule has 2 heterocycles. The van der Waals surface area contributed by atoms with E-state index in [0.717, 1.165) is 6.07 Å². The lowest BCUT2D eigenvalue weighted by Crippen LogP contribution is -2.41. The van der Waals surface area contributed by atoms with Gasteiger partial charge in [0, 0.05) is 24.2 Å². The molecule has 0 spiro atoms. The van der Waals surface area contributed by atoms with Crippen LogP contribution >= 0.6 is 22.9 Å². The number of hydrogen-bond donors (Lipinski definition) is 2. The largest absolute Gasteiger partial charge is 0.378 e. The van der Waals surface area contributed by atoms with Gasteiger partial charge in [-0.3, -0.25) is 30.6 Å². The molecule has 0 radical (unpaired) electrons. The molecule has 2 amide bonds. The van der Waals surface area contributed by atoms with Crippen molar-refractivity contribution < 1.29 is 19.2 Å². The van der Waals surface area contributed by atoms with Crippen molar-refractivity contribution in [3.8, 4) is 0 Å². The SMILES string of the molecule is Cc1nc(N2CCOCC2)sc1C(=O)NNC(=O)c1ccc(Cl)cc1[N+](=O)[O-]. The maximum Gasteiger partial charge on any atom is 0.283 e. The van der Waals surface area contributed by atoms with E-state index < -0.39 is 22.4 Å². The number of rotatable bonds is 4. The number of anilines is 1. The van der Waals surface area contributed by atoms with Crippen LogP contribution in [-0.4, -0.2) is 48.0 Å². The summed E-state index contributed by atoms with van der Waals surface area (Å²) in [4.78, 5) is 41.8. The topological polar surface area (TPSA) is 127 Å². The fraction of sp³-hybridized carbons (Fsp3) is 0.312. The molecule has 2 N–H and O–H groups in total. The molecule has 1 fully saturated rings. The number of thiazole rings is 1. The number of carbonyl (C=O) groups is 2. The first kappa shape index (κ1) is 20.0. The highest BCUT2D eigenvalue weighted by molar-refractivity contribution is 7.17. The summed E-state index contributed by atoms with van der Waals surface area (Å²) in [6.07, 6.45) is 0. The summed E-state index contributed by atoms with van der Waals surface area (Å²) < 4.78 is 5.30. The van der Waals surface area contributed by atoms with E-state index in [0.29, 0.717) is 42.0 Å². The van der Waals surface area contributed by atoms with Crippen molar-refractivity contribution in [1.29, 1.82) is 0 Å². The number of nitrogens with one attached hydrogen (secondary N) is 2. The lowest BCUT2D eigenvalue weighted by molar-refractivity contribution is -0.385. The third-order valence-electron chi connectivity index (χ3n) is 3.96. The third-order valence-corrected chi connectivity index (χ3v) is 5.42.